The lowest BCUT2D eigenvalue weighted by atomic mass is 10.2. The van der Waals surface area contributed by atoms with Gasteiger partial charge in [-0.15, -0.1) is 0 Å². The first-order valence-corrected chi connectivity index (χ1v) is 6.50. The summed E-state index contributed by atoms with van der Waals surface area (Å²) in [4.78, 5) is 48.6. The first kappa shape index (κ1) is 16.9. The van der Waals surface area contributed by atoms with Crippen LogP contribution in [0, 0.1) is 0 Å². The zero-order valence-corrected chi connectivity index (χ0v) is 12.2. The fraction of sp³-hybridized carbons (Fsp3) is 0.667. The lowest BCUT2D eigenvalue weighted by molar-refractivity contribution is -0.153. The summed E-state index contributed by atoms with van der Waals surface area (Å²) in [6.07, 6.45) is -0.783. The SMILES string of the molecule is CCN1CCN(C(=O)NC(C(=O)O)[C@H](C)OC)C(=O)C1=O. The van der Waals surface area contributed by atoms with Gasteiger partial charge in [0.15, 0.2) is 6.04 Å². The van der Waals surface area contributed by atoms with Gasteiger partial charge < -0.3 is 20.1 Å². The fourth-order valence-corrected chi connectivity index (χ4v) is 1.90. The maximum absolute atomic E-state index is 12.0. The van der Waals surface area contributed by atoms with Gasteiger partial charge in [0.05, 0.1) is 6.10 Å². The third kappa shape index (κ3) is 3.69. The Hall–Kier alpha value is -2.16. The number of amides is 4. The van der Waals surface area contributed by atoms with Gasteiger partial charge in [0.25, 0.3) is 0 Å². The van der Waals surface area contributed by atoms with Gasteiger partial charge in [-0.2, -0.15) is 0 Å². The molecule has 0 aliphatic carbocycles. The van der Waals surface area contributed by atoms with Crippen LogP contribution in [0.4, 0.5) is 4.79 Å². The predicted molar refractivity (Wildman–Crippen MR) is 70.4 cm³/mol. The molecule has 2 atom stereocenters. The highest BCUT2D eigenvalue weighted by atomic mass is 16.5. The van der Waals surface area contributed by atoms with E-state index in [4.69, 9.17) is 9.84 Å². The molecule has 0 bridgehead atoms. The molecule has 1 aliphatic heterocycles. The van der Waals surface area contributed by atoms with Crippen molar-refractivity contribution in [1.82, 2.24) is 15.1 Å². The summed E-state index contributed by atoms with van der Waals surface area (Å²) >= 11 is 0. The normalized spacial score (nSPS) is 18.4. The Bertz CT molecular complexity index is 452. The molecular formula is C12H19N3O6. The fourth-order valence-electron chi connectivity index (χ4n) is 1.90. The van der Waals surface area contributed by atoms with E-state index in [1.54, 1.807) is 6.92 Å². The number of likely N-dealkylation sites (N-methyl/N-ethyl adjacent to an activating group) is 1. The summed E-state index contributed by atoms with van der Waals surface area (Å²) in [5.74, 6) is -3.02. The van der Waals surface area contributed by atoms with E-state index in [1.807, 2.05) is 0 Å². The maximum Gasteiger partial charge on any atom is 0.328 e. The van der Waals surface area contributed by atoms with E-state index in [2.05, 4.69) is 5.32 Å². The van der Waals surface area contributed by atoms with E-state index in [0.29, 0.717) is 11.4 Å². The highest BCUT2D eigenvalue weighted by molar-refractivity contribution is 6.38. The zero-order chi connectivity index (χ0) is 16.2. The van der Waals surface area contributed by atoms with Crippen molar-refractivity contribution in [2.24, 2.45) is 0 Å². The van der Waals surface area contributed by atoms with E-state index in [9.17, 15) is 19.2 Å². The first-order chi connectivity index (χ1) is 9.83. The van der Waals surface area contributed by atoms with E-state index < -0.39 is 36.0 Å². The number of rotatable bonds is 5. The third-order valence-corrected chi connectivity index (χ3v) is 3.32. The minimum atomic E-state index is -1.31. The number of ether oxygens (including phenoxy) is 1. The maximum atomic E-state index is 12.0. The molecule has 0 aromatic rings. The minimum Gasteiger partial charge on any atom is -0.480 e. The number of methoxy groups -OCH3 is 1. The lowest BCUT2D eigenvalue weighted by Crippen LogP contribution is -2.61. The number of carbonyl (C=O) groups is 4. The Morgan fingerprint density at radius 2 is 1.95 bits per heavy atom. The predicted octanol–water partition coefficient (Wildman–Crippen LogP) is -1.13. The van der Waals surface area contributed by atoms with Gasteiger partial charge in [-0.3, -0.25) is 14.5 Å². The number of carboxylic acid groups (broad SMARTS) is 1. The number of aliphatic carboxylic acids is 1. The number of piperazine rings is 1. The van der Waals surface area contributed by atoms with Crippen molar-refractivity contribution in [1.29, 1.82) is 0 Å². The number of carboxylic acids is 1. The highest BCUT2D eigenvalue weighted by Gasteiger charge is 2.37. The molecule has 0 spiro atoms. The number of nitrogens with zero attached hydrogens (tertiary/aromatic N) is 2. The van der Waals surface area contributed by atoms with Crippen molar-refractivity contribution < 1.29 is 29.0 Å². The van der Waals surface area contributed by atoms with Crippen molar-refractivity contribution >= 4 is 23.8 Å². The summed E-state index contributed by atoms with van der Waals surface area (Å²) in [5.41, 5.74) is 0. The van der Waals surface area contributed by atoms with Crippen molar-refractivity contribution in [3.05, 3.63) is 0 Å². The van der Waals surface area contributed by atoms with Crippen molar-refractivity contribution in [2.75, 3.05) is 26.7 Å². The van der Waals surface area contributed by atoms with Gasteiger partial charge in [-0.25, -0.2) is 9.59 Å². The molecule has 9 heteroatoms. The molecule has 0 saturated carbocycles. The topological polar surface area (TPSA) is 116 Å². The van der Waals surface area contributed by atoms with Crippen LogP contribution in [-0.2, 0) is 19.1 Å². The average Bonchev–Trinajstić information content (AvgIpc) is 2.46. The molecule has 1 aliphatic rings. The molecule has 118 valence electrons. The second-order valence-corrected chi connectivity index (χ2v) is 4.55. The molecule has 0 aromatic heterocycles. The standard InChI is InChI=1S/C12H19N3O6/c1-4-14-5-6-15(10(17)9(14)16)12(20)13-8(11(18)19)7(2)21-3/h7-8H,4-6H2,1-3H3,(H,13,20)(H,18,19)/t7-,8?/m0/s1. The van der Waals surface area contributed by atoms with Crippen LogP contribution in [-0.4, -0.2) is 77.6 Å². The Balaban J connectivity index is 2.77. The largest absolute Gasteiger partial charge is 0.480 e. The number of carbonyl (C=O) groups excluding carboxylic acids is 3. The molecule has 1 fully saturated rings. The third-order valence-electron chi connectivity index (χ3n) is 3.32. The molecule has 1 heterocycles. The Kier molecular flexibility index (Phi) is 5.65. The number of nitrogens with one attached hydrogen (secondary N) is 1. The molecular weight excluding hydrogens is 282 g/mol. The van der Waals surface area contributed by atoms with Crippen LogP contribution in [0.1, 0.15) is 13.8 Å². The van der Waals surface area contributed by atoms with Crippen LogP contribution in [0.5, 0.6) is 0 Å². The quantitative estimate of drug-likeness (QED) is 0.621. The molecule has 9 nitrogen and oxygen atoms in total. The van der Waals surface area contributed by atoms with Crippen LogP contribution in [0.15, 0.2) is 0 Å². The second kappa shape index (κ2) is 7.02. The number of hydrogen-bond donors (Lipinski definition) is 2. The summed E-state index contributed by atoms with van der Waals surface area (Å²) in [5, 5.41) is 11.2. The number of imide groups is 1. The van der Waals surface area contributed by atoms with Crippen molar-refractivity contribution in [2.45, 2.75) is 26.0 Å². The summed E-state index contributed by atoms with van der Waals surface area (Å²) in [6, 6.07) is -2.23. The lowest BCUT2D eigenvalue weighted by Gasteiger charge is -2.32. The van der Waals surface area contributed by atoms with E-state index in [0.717, 1.165) is 0 Å². The molecule has 0 radical (unpaired) electrons. The molecule has 2 N–H and O–H groups in total. The van der Waals surface area contributed by atoms with Crippen LogP contribution >= 0.6 is 0 Å². The Labute approximate surface area is 121 Å². The van der Waals surface area contributed by atoms with E-state index >= 15 is 0 Å². The van der Waals surface area contributed by atoms with Crippen LogP contribution in [0.3, 0.4) is 0 Å². The first-order valence-electron chi connectivity index (χ1n) is 6.50. The average molecular weight is 301 g/mol. The monoisotopic (exact) mass is 301 g/mol. The van der Waals surface area contributed by atoms with Crippen LogP contribution in [0.2, 0.25) is 0 Å². The van der Waals surface area contributed by atoms with Gasteiger partial charge in [0.2, 0.25) is 0 Å². The second-order valence-electron chi connectivity index (χ2n) is 4.55. The number of urea groups is 1. The van der Waals surface area contributed by atoms with Gasteiger partial charge in [0.1, 0.15) is 0 Å². The highest BCUT2D eigenvalue weighted by Crippen LogP contribution is 2.07. The van der Waals surface area contributed by atoms with Crippen LogP contribution < -0.4 is 5.32 Å². The Morgan fingerprint density at radius 1 is 1.33 bits per heavy atom. The van der Waals surface area contributed by atoms with E-state index in [1.165, 1.54) is 18.9 Å². The molecule has 4 amide bonds. The van der Waals surface area contributed by atoms with Crippen molar-refractivity contribution in [3.63, 3.8) is 0 Å². The van der Waals surface area contributed by atoms with Gasteiger partial charge in [-0.05, 0) is 13.8 Å². The molecule has 1 unspecified atom stereocenters. The van der Waals surface area contributed by atoms with Gasteiger partial charge in [-0.1, -0.05) is 0 Å². The summed E-state index contributed by atoms with van der Waals surface area (Å²) in [7, 11) is 1.31. The Morgan fingerprint density at radius 3 is 2.43 bits per heavy atom. The molecule has 21 heavy (non-hydrogen) atoms. The number of hydrogen-bond acceptors (Lipinski definition) is 5. The van der Waals surface area contributed by atoms with Gasteiger partial charge >= 0.3 is 23.8 Å². The summed E-state index contributed by atoms with van der Waals surface area (Å²) in [6.45, 7) is 3.82. The summed E-state index contributed by atoms with van der Waals surface area (Å²) < 4.78 is 4.87. The van der Waals surface area contributed by atoms with Gasteiger partial charge in [0, 0.05) is 26.7 Å². The molecule has 1 saturated heterocycles. The van der Waals surface area contributed by atoms with Crippen LogP contribution in [0.25, 0.3) is 0 Å². The molecule has 0 aromatic carbocycles. The smallest absolute Gasteiger partial charge is 0.328 e. The minimum absolute atomic E-state index is 0.0257. The zero-order valence-electron chi connectivity index (χ0n) is 12.2. The molecule has 1 rings (SSSR count). The van der Waals surface area contributed by atoms with E-state index in [-0.39, 0.29) is 13.1 Å². The van der Waals surface area contributed by atoms with Crippen molar-refractivity contribution in [3.8, 4) is 0 Å².